The molecule has 3 heterocycles. The summed E-state index contributed by atoms with van der Waals surface area (Å²) in [4.78, 5) is 19.6. The number of benzene rings is 1. The Morgan fingerprint density at radius 2 is 2.00 bits per heavy atom. The maximum Gasteiger partial charge on any atom is 0.270 e. The predicted molar refractivity (Wildman–Crippen MR) is 110 cm³/mol. The first-order chi connectivity index (χ1) is 14.2. The number of nitrogens with one attached hydrogen (secondary N) is 1. The number of nitrogens with zero attached hydrogens (tertiary/aromatic N) is 4. The second-order valence-corrected chi connectivity index (χ2v) is 7.36. The number of aliphatic hydroxyl groups excluding tert-OH is 1. The highest BCUT2D eigenvalue weighted by atomic mass is 16.3. The van der Waals surface area contributed by atoms with Crippen molar-refractivity contribution in [2.75, 3.05) is 19.7 Å². The number of pyridine rings is 1. The van der Waals surface area contributed by atoms with Crippen molar-refractivity contribution in [3.05, 3.63) is 78.2 Å². The molecule has 1 aliphatic heterocycles. The fraction of sp³-hybridized carbons (Fsp3) is 0.318. The summed E-state index contributed by atoms with van der Waals surface area (Å²) in [6, 6.07) is 17.3. The van der Waals surface area contributed by atoms with E-state index in [4.69, 9.17) is 0 Å². The van der Waals surface area contributed by atoms with Crippen molar-refractivity contribution in [2.24, 2.45) is 5.92 Å². The number of carbonyl (C=O) groups excluding carboxylic acids is 1. The Bertz CT molecular complexity index is 929. The molecule has 0 aliphatic carbocycles. The molecule has 3 aromatic rings. The molecule has 0 bridgehead atoms. The van der Waals surface area contributed by atoms with Gasteiger partial charge < -0.3 is 10.4 Å². The van der Waals surface area contributed by atoms with Gasteiger partial charge in [0, 0.05) is 44.0 Å². The smallest absolute Gasteiger partial charge is 0.270 e. The third-order valence-electron chi connectivity index (χ3n) is 5.35. The molecule has 1 fully saturated rings. The van der Waals surface area contributed by atoms with Crippen LogP contribution in [0.5, 0.6) is 0 Å². The summed E-state index contributed by atoms with van der Waals surface area (Å²) >= 11 is 0. The molecule has 150 valence electrons. The lowest BCUT2D eigenvalue weighted by molar-refractivity contribution is 0.0727. The first-order valence-electron chi connectivity index (χ1n) is 9.88. The quantitative estimate of drug-likeness (QED) is 0.670. The number of carbonyl (C=O) groups is 1. The summed E-state index contributed by atoms with van der Waals surface area (Å²) in [6.45, 7) is 2.49. The van der Waals surface area contributed by atoms with Crippen LogP contribution < -0.4 is 5.32 Å². The second kappa shape index (κ2) is 8.98. The summed E-state index contributed by atoms with van der Waals surface area (Å²) < 4.78 is 1.62. The van der Waals surface area contributed by atoms with E-state index < -0.39 is 0 Å². The van der Waals surface area contributed by atoms with Gasteiger partial charge in [-0.1, -0.05) is 36.4 Å². The number of piperidine rings is 1. The molecule has 0 unspecified atom stereocenters. The van der Waals surface area contributed by atoms with E-state index >= 15 is 0 Å². The number of likely N-dealkylation sites (tertiary alicyclic amines) is 1. The van der Waals surface area contributed by atoms with Crippen LogP contribution in [0.15, 0.2) is 67.0 Å². The zero-order valence-electron chi connectivity index (χ0n) is 16.2. The molecule has 7 heteroatoms. The standard InChI is InChI=1S/C22H25N5O2/c28-16-18-10-13-26(14-17-6-2-1-3-7-17)15-20(18)25-22(29)19-8-4-9-21(24-19)27-12-5-11-23-27/h1-9,11-12,18,20,28H,10,13-16H2,(H,25,29)/t18-,20+/m0/s1. The molecule has 29 heavy (non-hydrogen) atoms. The van der Waals surface area contributed by atoms with Crippen LogP contribution in [0.1, 0.15) is 22.5 Å². The van der Waals surface area contributed by atoms with Crippen LogP contribution in [0, 0.1) is 5.92 Å². The fourth-order valence-corrected chi connectivity index (χ4v) is 3.76. The van der Waals surface area contributed by atoms with Crippen LogP contribution in [-0.4, -0.2) is 56.4 Å². The number of hydrogen-bond acceptors (Lipinski definition) is 5. The van der Waals surface area contributed by atoms with Crippen molar-refractivity contribution in [3.63, 3.8) is 0 Å². The van der Waals surface area contributed by atoms with E-state index in [2.05, 4.69) is 32.4 Å². The molecule has 1 aromatic carbocycles. The van der Waals surface area contributed by atoms with E-state index in [-0.39, 0.29) is 24.5 Å². The lowest BCUT2D eigenvalue weighted by Crippen LogP contribution is -2.53. The van der Waals surface area contributed by atoms with E-state index in [1.807, 2.05) is 30.3 Å². The zero-order valence-corrected chi connectivity index (χ0v) is 16.2. The Labute approximate surface area is 170 Å². The molecule has 1 aliphatic rings. The molecular formula is C22H25N5O2. The average molecular weight is 391 g/mol. The largest absolute Gasteiger partial charge is 0.396 e. The van der Waals surface area contributed by atoms with Crippen LogP contribution in [0.3, 0.4) is 0 Å². The topological polar surface area (TPSA) is 83.3 Å². The van der Waals surface area contributed by atoms with Gasteiger partial charge in [0.05, 0.1) is 0 Å². The van der Waals surface area contributed by atoms with Gasteiger partial charge in [-0.25, -0.2) is 9.67 Å². The predicted octanol–water partition coefficient (Wildman–Crippen LogP) is 1.88. The Morgan fingerprint density at radius 3 is 2.76 bits per heavy atom. The number of aliphatic hydroxyl groups is 1. The number of rotatable bonds is 6. The van der Waals surface area contributed by atoms with Gasteiger partial charge in [-0.15, -0.1) is 0 Å². The van der Waals surface area contributed by atoms with Crippen molar-refractivity contribution in [2.45, 2.75) is 19.0 Å². The molecule has 4 rings (SSSR count). The van der Waals surface area contributed by atoms with Crippen molar-refractivity contribution in [1.29, 1.82) is 0 Å². The van der Waals surface area contributed by atoms with E-state index in [0.29, 0.717) is 18.1 Å². The van der Waals surface area contributed by atoms with Gasteiger partial charge in [0.25, 0.3) is 5.91 Å². The molecule has 0 radical (unpaired) electrons. The molecule has 0 spiro atoms. The Hall–Kier alpha value is -3.03. The van der Waals surface area contributed by atoms with E-state index in [9.17, 15) is 9.90 Å². The SMILES string of the molecule is O=C(N[C@@H]1CN(Cc2ccccc2)CC[C@H]1CO)c1cccc(-n2cccn2)n1. The van der Waals surface area contributed by atoms with Gasteiger partial charge in [-0.2, -0.15) is 5.10 Å². The lowest BCUT2D eigenvalue weighted by atomic mass is 9.91. The lowest BCUT2D eigenvalue weighted by Gasteiger charge is -2.38. The molecule has 2 N–H and O–H groups in total. The summed E-state index contributed by atoms with van der Waals surface area (Å²) in [5, 5.41) is 17.0. The van der Waals surface area contributed by atoms with Crippen LogP contribution >= 0.6 is 0 Å². The first-order valence-corrected chi connectivity index (χ1v) is 9.88. The monoisotopic (exact) mass is 391 g/mol. The van der Waals surface area contributed by atoms with E-state index in [0.717, 1.165) is 19.5 Å². The molecule has 2 aromatic heterocycles. The highest BCUT2D eigenvalue weighted by Gasteiger charge is 2.30. The number of amides is 1. The van der Waals surface area contributed by atoms with E-state index in [1.54, 1.807) is 29.2 Å². The highest BCUT2D eigenvalue weighted by molar-refractivity contribution is 5.92. The normalized spacial score (nSPS) is 19.8. The Morgan fingerprint density at radius 1 is 1.14 bits per heavy atom. The minimum absolute atomic E-state index is 0.0419. The van der Waals surface area contributed by atoms with Gasteiger partial charge in [-0.05, 0) is 36.7 Å². The second-order valence-electron chi connectivity index (χ2n) is 7.36. The molecule has 1 saturated heterocycles. The van der Waals surface area contributed by atoms with Gasteiger partial charge in [0.1, 0.15) is 5.69 Å². The van der Waals surface area contributed by atoms with Crippen molar-refractivity contribution in [1.82, 2.24) is 25.0 Å². The van der Waals surface area contributed by atoms with Crippen molar-refractivity contribution in [3.8, 4) is 5.82 Å². The molecule has 0 saturated carbocycles. The van der Waals surface area contributed by atoms with Crippen LogP contribution in [-0.2, 0) is 6.54 Å². The van der Waals surface area contributed by atoms with Gasteiger partial charge >= 0.3 is 0 Å². The minimum atomic E-state index is -0.232. The van der Waals surface area contributed by atoms with Crippen LogP contribution in [0.25, 0.3) is 5.82 Å². The van der Waals surface area contributed by atoms with Gasteiger partial charge in [0.15, 0.2) is 5.82 Å². The molecule has 1 amide bonds. The average Bonchev–Trinajstić information content (AvgIpc) is 3.30. The fourth-order valence-electron chi connectivity index (χ4n) is 3.76. The summed E-state index contributed by atoms with van der Waals surface area (Å²) in [6.07, 6.45) is 4.30. The number of aromatic nitrogens is 3. The third kappa shape index (κ3) is 4.70. The maximum atomic E-state index is 12.9. The zero-order chi connectivity index (χ0) is 20.1. The van der Waals surface area contributed by atoms with Gasteiger partial charge in [0.2, 0.25) is 0 Å². The summed E-state index contributed by atoms with van der Waals surface area (Å²) in [5.41, 5.74) is 1.59. The van der Waals surface area contributed by atoms with Gasteiger partial charge in [-0.3, -0.25) is 9.69 Å². The van der Waals surface area contributed by atoms with Crippen molar-refractivity contribution >= 4 is 5.91 Å². The Balaban J connectivity index is 1.44. The molecule has 2 atom stereocenters. The molecular weight excluding hydrogens is 366 g/mol. The third-order valence-corrected chi connectivity index (χ3v) is 5.35. The first kappa shape index (κ1) is 19.3. The maximum absolute atomic E-state index is 12.9. The highest BCUT2D eigenvalue weighted by Crippen LogP contribution is 2.20. The van der Waals surface area contributed by atoms with E-state index in [1.165, 1.54) is 5.56 Å². The van der Waals surface area contributed by atoms with Crippen LogP contribution in [0.4, 0.5) is 0 Å². The Kier molecular flexibility index (Phi) is 5.97. The molecule has 7 nitrogen and oxygen atoms in total. The summed E-state index contributed by atoms with van der Waals surface area (Å²) in [7, 11) is 0. The summed E-state index contributed by atoms with van der Waals surface area (Å²) in [5.74, 6) is 0.403. The van der Waals surface area contributed by atoms with Crippen molar-refractivity contribution < 1.29 is 9.90 Å². The van der Waals surface area contributed by atoms with Crippen LogP contribution in [0.2, 0.25) is 0 Å². The minimum Gasteiger partial charge on any atom is -0.396 e. The number of hydrogen-bond donors (Lipinski definition) is 2.